The van der Waals surface area contributed by atoms with E-state index in [0.717, 1.165) is 24.1 Å². The van der Waals surface area contributed by atoms with Crippen molar-refractivity contribution in [2.24, 2.45) is 5.41 Å². The topological polar surface area (TPSA) is 18.5 Å². The largest absolute Gasteiger partial charge is 0.384 e. The highest BCUT2D eigenvalue weighted by atomic mass is 127. The van der Waals surface area contributed by atoms with E-state index in [1.165, 1.54) is 6.42 Å². The molecule has 72 valence electrons. The molecule has 12 heavy (non-hydrogen) atoms. The van der Waals surface area contributed by atoms with Crippen molar-refractivity contribution in [1.82, 2.24) is 0 Å². The fourth-order valence-electron chi connectivity index (χ4n) is 1.75. The SMILES string of the molecule is CC[C@@]1(COC)CO[C@@H](CI)C1. The van der Waals surface area contributed by atoms with Crippen LogP contribution < -0.4 is 0 Å². The van der Waals surface area contributed by atoms with Crippen LogP contribution in [0.25, 0.3) is 0 Å². The number of methoxy groups -OCH3 is 1. The summed E-state index contributed by atoms with van der Waals surface area (Å²) in [6, 6.07) is 0. The lowest BCUT2D eigenvalue weighted by atomic mass is 9.84. The molecule has 0 N–H and O–H groups in total. The Morgan fingerprint density at radius 3 is 2.83 bits per heavy atom. The molecular formula is C9H17IO2. The Hall–Kier alpha value is 0.650. The molecule has 0 aliphatic carbocycles. The van der Waals surface area contributed by atoms with E-state index in [2.05, 4.69) is 29.5 Å². The standard InChI is InChI=1S/C9H17IO2/c1-3-9(6-11-2)4-8(5-10)12-7-9/h8H,3-7H2,1-2H3/t8-,9-/m1/s1. The van der Waals surface area contributed by atoms with E-state index in [1.54, 1.807) is 7.11 Å². The number of ether oxygens (including phenoxy) is 2. The van der Waals surface area contributed by atoms with E-state index < -0.39 is 0 Å². The van der Waals surface area contributed by atoms with Crippen LogP contribution in [0.3, 0.4) is 0 Å². The van der Waals surface area contributed by atoms with E-state index in [4.69, 9.17) is 9.47 Å². The smallest absolute Gasteiger partial charge is 0.0671 e. The van der Waals surface area contributed by atoms with Crippen LogP contribution in [0, 0.1) is 5.41 Å². The normalized spacial score (nSPS) is 35.8. The number of rotatable bonds is 4. The van der Waals surface area contributed by atoms with Crippen molar-refractivity contribution in [2.75, 3.05) is 24.8 Å². The predicted molar refractivity (Wildman–Crippen MR) is 57.8 cm³/mol. The van der Waals surface area contributed by atoms with Gasteiger partial charge in [-0.15, -0.1) is 0 Å². The molecule has 1 heterocycles. The van der Waals surface area contributed by atoms with Crippen molar-refractivity contribution in [3.63, 3.8) is 0 Å². The molecule has 0 spiro atoms. The van der Waals surface area contributed by atoms with Gasteiger partial charge in [-0.05, 0) is 12.8 Å². The fourth-order valence-corrected chi connectivity index (χ4v) is 2.32. The van der Waals surface area contributed by atoms with Crippen LogP contribution >= 0.6 is 22.6 Å². The van der Waals surface area contributed by atoms with E-state index in [-0.39, 0.29) is 0 Å². The van der Waals surface area contributed by atoms with Crippen molar-refractivity contribution >= 4 is 22.6 Å². The molecule has 2 atom stereocenters. The number of alkyl halides is 1. The maximum absolute atomic E-state index is 5.67. The van der Waals surface area contributed by atoms with Gasteiger partial charge in [-0.2, -0.15) is 0 Å². The van der Waals surface area contributed by atoms with Gasteiger partial charge in [0.1, 0.15) is 0 Å². The fraction of sp³-hybridized carbons (Fsp3) is 1.00. The van der Waals surface area contributed by atoms with Crippen molar-refractivity contribution in [3.05, 3.63) is 0 Å². The van der Waals surface area contributed by atoms with E-state index in [1.807, 2.05) is 0 Å². The molecule has 0 unspecified atom stereocenters. The van der Waals surface area contributed by atoms with Crippen LogP contribution in [0.4, 0.5) is 0 Å². The number of halogens is 1. The van der Waals surface area contributed by atoms with Crippen molar-refractivity contribution in [1.29, 1.82) is 0 Å². The Bertz CT molecular complexity index is 140. The van der Waals surface area contributed by atoms with Gasteiger partial charge in [-0.3, -0.25) is 0 Å². The lowest BCUT2D eigenvalue weighted by molar-refractivity contribution is 0.0542. The summed E-state index contributed by atoms with van der Waals surface area (Å²) in [6.45, 7) is 3.94. The highest BCUT2D eigenvalue weighted by molar-refractivity contribution is 14.1. The molecule has 2 nitrogen and oxygen atoms in total. The van der Waals surface area contributed by atoms with Gasteiger partial charge in [0.2, 0.25) is 0 Å². The van der Waals surface area contributed by atoms with Crippen molar-refractivity contribution in [2.45, 2.75) is 25.9 Å². The van der Waals surface area contributed by atoms with E-state index in [9.17, 15) is 0 Å². The van der Waals surface area contributed by atoms with Gasteiger partial charge in [0.05, 0.1) is 19.3 Å². The molecule has 0 aromatic rings. The van der Waals surface area contributed by atoms with Crippen LogP contribution in [0.5, 0.6) is 0 Å². The van der Waals surface area contributed by atoms with Crippen LogP contribution in [-0.4, -0.2) is 30.9 Å². The summed E-state index contributed by atoms with van der Waals surface area (Å²) in [5, 5.41) is 0. The molecule has 0 saturated carbocycles. The average Bonchev–Trinajstić information content (AvgIpc) is 2.50. The third-order valence-electron chi connectivity index (χ3n) is 2.66. The summed E-state index contributed by atoms with van der Waals surface area (Å²) in [5.74, 6) is 0. The molecular weight excluding hydrogens is 267 g/mol. The molecule has 1 fully saturated rings. The molecule has 1 rings (SSSR count). The minimum Gasteiger partial charge on any atom is -0.384 e. The summed E-state index contributed by atoms with van der Waals surface area (Å²) in [4.78, 5) is 0. The first-order chi connectivity index (χ1) is 5.76. The van der Waals surface area contributed by atoms with Crippen molar-refractivity contribution < 1.29 is 9.47 Å². The van der Waals surface area contributed by atoms with Gasteiger partial charge in [0.25, 0.3) is 0 Å². The maximum Gasteiger partial charge on any atom is 0.0671 e. The average molecular weight is 284 g/mol. The van der Waals surface area contributed by atoms with Gasteiger partial charge in [0.15, 0.2) is 0 Å². The Morgan fingerprint density at radius 1 is 1.67 bits per heavy atom. The molecule has 3 heteroatoms. The third kappa shape index (κ3) is 2.33. The van der Waals surface area contributed by atoms with E-state index in [0.29, 0.717) is 11.5 Å². The lowest BCUT2D eigenvalue weighted by Crippen LogP contribution is -2.26. The monoisotopic (exact) mass is 284 g/mol. The van der Waals surface area contributed by atoms with Crippen LogP contribution in [-0.2, 0) is 9.47 Å². The second-order valence-electron chi connectivity index (χ2n) is 3.58. The summed E-state index contributed by atoms with van der Waals surface area (Å²) in [7, 11) is 1.77. The van der Waals surface area contributed by atoms with Crippen molar-refractivity contribution in [3.8, 4) is 0 Å². The van der Waals surface area contributed by atoms with Crippen LogP contribution in [0.2, 0.25) is 0 Å². The summed E-state index contributed by atoms with van der Waals surface area (Å²) in [6.07, 6.45) is 2.79. The summed E-state index contributed by atoms with van der Waals surface area (Å²) >= 11 is 2.39. The Kier molecular flexibility index (Phi) is 4.26. The second kappa shape index (κ2) is 4.77. The molecule has 0 aromatic heterocycles. The van der Waals surface area contributed by atoms with E-state index >= 15 is 0 Å². The Balaban J connectivity index is 2.47. The minimum absolute atomic E-state index is 0.310. The first-order valence-electron chi connectivity index (χ1n) is 4.43. The highest BCUT2D eigenvalue weighted by Gasteiger charge is 2.38. The molecule has 0 radical (unpaired) electrons. The number of hydrogen-bond acceptors (Lipinski definition) is 2. The quantitative estimate of drug-likeness (QED) is 0.582. The highest BCUT2D eigenvalue weighted by Crippen LogP contribution is 2.36. The first-order valence-corrected chi connectivity index (χ1v) is 5.95. The predicted octanol–water partition coefficient (Wildman–Crippen LogP) is 2.25. The molecule has 1 aliphatic rings. The summed E-state index contributed by atoms with van der Waals surface area (Å²) in [5.41, 5.74) is 0.310. The third-order valence-corrected chi connectivity index (χ3v) is 3.64. The first kappa shape index (κ1) is 10.7. The molecule has 0 amide bonds. The lowest BCUT2D eigenvalue weighted by Gasteiger charge is -2.24. The minimum atomic E-state index is 0.310. The summed E-state index contributed by atoms with van der Waals surface area (Å²) < 4.78 is 12.0. The Morgan fingerprint density at radius 2 is 2.42 bits per heavy atom. The van der Waals surface area contributed by atoms with Crippen LogP contribution in [0.1, 0.15) is 19.8 Å². The van der Waals surface area contributed by atoms with Gasteiger partial charge >= 0.3 is 0 Å². The zero-order valence-corrected chi connectivity index (χ0v) is 9.96. The zero-order chi connectivity index (χ0) is 9.03. The second-order valence-corrected chi connectivity index (χ2v) is 4.46. The molecule has 1 aliphatic heterocycles. The van der Waals surface area contributed by atoms with Gasteiger partial charge in [0, 0.05) is 17.0 Å². The van der Waals surface area contributed by atoms with Gasteiger partial charge in [-0.1, -0.05) is 29.5 Å². The number of hydrogen-bond donors (Lipinski definition) is 0. The molecule has 0 aromatic carbocycles. The molecule has 1 saturated heterocycles. The van der Waals surface area contributed by atoms with Gasteiger partial charge in [-0.25, -0.2) is 0 Å². The van der Waals surface area contributed by atoms with Gasteiger partial charge < -0.3 is 9.47 Å². The van der Waals surface area contributed by atoms with Crippen LogP contribution in [0.15, 0.2) is 0 Å². The Labute approximate surface area is 88.1 Å². The molecule has 0 bridgehead atoms. The maximum atomic E-state index is 5.67. The zero-order valence-electron chi connectivity index (χ0n) is 7.81.